The lowest BCUT2D eigenvalue weighted by atomic mass is 10.1. The first-order valence-electron chi connectivity index (χ1n) is 6.05. The molecule has 2 rings (SSSR count). The van der Waals surface area contributed by atoms with Crippen LogP contribution in [0.1, 0.15) is 12.5 Å². The van der Waals surface area contributed by atoms with Crippen LogP contribution < -0.4 is 9.47 Å². The molecule has 0 bridgehead atoms. The molecule has 0 aliphatic rings. The van der Waals surface area contributed by atoms with E-state index in [9.17, 15) is 4.79 Å². The smallest absolute Gasteiger partial charge is 0.167 e. The van der Waals surface area contributed by atoms with Crippen LogP contribution in [0, 0.1) is 0 Å². The molecule has 0 N–H and O–H groups in total. The minimum absolute atomic E-state index is 0.000118. The number of para-hydroxylation sites is 1. The standard InChI is InChI=1S/C12H14O3.C4H4S/c1-9(13)7-8-10-5-4-6-11(14-2)12(10)15-3;1-2-4-5-3-1/h4-8H,1-3H3;1-4H/b8-7+;. The molecular weight excluding hydrogens is 272 g/mol. The van der Waals surface area contributed by atoms with Gasteiger partial charge in [0, 0.05) is 5.56 Å². The van der Waals surface area contributed by atoms with E-state index < -0.39 is 0 Å². The third-order valence-electron chi connectivity index (χ3n) is 2.36. The SMILES string of the molecule is COc1cccc(/C=C/C(C)=O)c1OC.c1ccsc1. The van der Waals surface area contributed by atoms with Crippen molar-refractivity contribution in [3.63, 3.8) is 0 Å². The molecule has 0 fully saturated rings. The molecular formula is C16H18O3S. The van der Waals surface area contributed by atoms with Gasteiger partial charge in [-0.15, -0.1) is 0 Å². The van der Waals surface area contributed by atoms with Gasteiger partial charge in [0.15, 0.2) is 17.3 Å². The Labute approximate surface area is 123 Å². The first kappa shape index (κ1) is 16.0. The van der Waals surface area contributed by atoms with E-state index in [-0.39, 0.29) is 5.78 Å². The van der Waals surface area contributed by atoms with Crippen LogP contribution in [0.2, 0.25) is 0 Å². The van der Waals surface area contributed by atoms with Gasteiger partial charge in [-0.3, -0.25) is 4.79 Å². The van der Waals surface area contributed by atoms with E-state index in [1.54, 1.807) is 31.6 Å². The molecule has 106 valence electrons. The number of ether oxygens (including phenoxy) is 2. The van der Waals surface area contributed by atoms with Gasteiger partial charge in [-0.25, -0.2) is 0 Å². The second kappa shape index (κ2) is 8.93. The predicted octanol–water partition coefficient (Wildman–Crippen LogP) is 4.05. The molecule has 0 spiro atoms. The van der Waals surface area contributed by atoms with Crippen molar-refractivity contribution in [1.82, 2.24) is 0 Å². The van der Waals surface area contributed by atoms with Crippen molar-refractivity contribution < 1.29 is 14.3 Å². The molecule has 0 radical (unpaired) electrons. The van der Waals surface area contributed by atoms with Crippen molar-refractivity contribution in [1.29, 1.82) is 0 Å². The zero-order valence-corrected chi connectivity index (χ0v) is 12.6. The minimum Gasteiger partial charge on any atom is -0.493 e. The van der Waals surface area contributed by atoms with Gasteiger partial charge in [-0.05, 0) is 35.9 Å². The zero-order valence-electron chi connectivity index (χ0n) is 11.8. The summed E-state index contributed by atoms with van der Waals surface area (Å²) in [6.07, 6.45) is 3.21. The van der Waals surface area contributed by atoms with Crippen LogP contribution in [-0.4, -0.2) is 20.0 Å². The van der Waals surface area contributed by atoms with Gasteiger partial charge in [0.25, 0.3) is 0 Å². The molecule has 0 saturated heterocycles. The zero-order chi connectivity index (χ0) is 14.8. The molecule has 1 heterocycles. The van der Waals surface area contributed by atoms with Crippen LogP contribution in [0.5, 0.6) is 11.5 Å². The lowest BCUT2D eigenvalue weighted by Gasteiger charge is -2.09. The summed E-state index contributed by atoms with van der Waals surface area (Å²) in [5.41, 5.74) is 0.826. The maximum atomic E-state index is 10.8. The number of hydrogen-bond donors (Lipinski definition) is 0. The molecule has 4 heteroatoms. The summed E-state index contributed by atoms with van der Waals surface area (Å²) >= 11 is 1.71. The maximum Gasteiger partial charge on any atom is 0.167 e. The Hall–Kier alpha value is -2.07. The number of thiophene rings is 1. The molecule has 2 aromatic rings. The highest BCUT2D eigenvalue weighted by Crippen LogP contribution is 2.31. The Morgan fingerprint density at radius 3 is 2.25 bits per heavy atom. The van der Waals surface area contributed by atoms with E-state index in [0.717, 1.165) is 5.56 Å². The van der Waals surface area contributed by atoms with Gasteiger partial charge >= 0.3 is 0 Å². The number of benzene rings is 1. The van der Waals surface area contributed by atoms with E-state index >= 15 is 0 Å². The molecule has 0 aliphatic heterocycles. The van der Waals surface area contributed by atoms with Crippen LogP contribution >= 0.6 is 11.3 Å². The molecule has 1 aromatic heterocycles. The molecule has 20 heavy (non-hydrogen) atoms. The lowest BCUT2D eigenvalue weighted by Crippen LogP contribution is -1.92. The Balaban J connectivity index is 0.000000333. The van der Waals surface area contributed by atoms with E-state index in [0.29, 0.717) is 11.5 Å². The fourth-order valence-corrected chi connectivity index (χ4v) is 1.93. The molecule has 0 amide bonds. The van der Waals surface area contributed by atoms with Crippen LogP contribution in [0.25, 0.3) is 6.08 Å². The summed E-state index contributed by atoms with van der Waals surface area (Å²) in [6, 6.07) is 9.56. The minimum atomic E-state index is -0.000118. The highest BCUT2D eigenvalue weighted by molar-refractivity contribution is 7.07. The fourth-order valence-electron chi connectivity index (χ4n) is 1.48. The Morgan fingerprint density at radius 1 is 1.10 bits per heavy atom. The Kier molecular flexibility index (Phi) is 7.14. The summed E-state index contributed by atoms with van der Waals surface area (Å²) in [6.45, 7) is 1.50. The Morgan fingerprint density at radius 2 is 1.80 bits per heavy atom. The first-order chi connectivity index (χ1) is 9.69. The van der Waals surface area contributed by atoms with E-state index in [4.69, 9.17) is 9.47 Å². The molecule has 0 saturated carbocycles. The third kappa shape index (κ3) is 5.28. The second-order valence-electron chi connectivity index (χ2n) is 3.82. The maximum absolute atomic E-state index is 10.8. The quantitative estimate of drug-likeness (QED) is 0.797. The van der Waals surface area contributed by atoms with Crippen molar-refractivity contribution >= 4 is 23.2 Å². The summed E-state index contributed by atoms with van der Waals surface area (Å²) in [5.74, 6) is 1.29. The third-order valence-corrected chi connectivity index (χ3v) is 2.98. The summed E-state index contributed by atoms with van der Waals surface area (Å²) < 4.78 is 10.4. The van der Waals surface area contributed by atoms with Gasteiger partial charge in [0.05, 0.1) is 14.2 Å². The topological polar surface area (TPSA) is 35.5 Å². The predicted molar refractivity (Wildman–Crippen MR) is 83.6 cm³/mol. The Bertz CT molecular complexity index is 528. The van der Waals surface area contributed by atoms with Gasteiger partial charge in [-0.2, -0.15) is 11.3 Å². The fraction of sp³-hybridized carbons (Fsp3) is 0.188. The average molecular weight is 290 g/mol. The van der Waals surface area contributed by atoms with Crippen LogP contribution in [-0.2, 0) is 4.79 Å². The normalized spacial score (nSPS) is 9.75. The van der Waals surface area contributed by atoms with Crippen molar-refractivity contribution in [3.8, 4) is 11.5 Å². The van der Waals surface area contributed by atoms with Gasteiger partial charge in [0.2, 0.25) is 0 Å². The number of ketones is 1. The van der Waals surface area contributed by atoms with E-state index in [2.05, 4.69) is 0 Å². The molecule has 0 atom stereocenters. The number of rotatable bonds is 4. The molecule has 0 aliphatic carbocycles. The van der Waals surface area contributed by atoms with Crippen molar-refractivity contribution in [2.24, 2.45) is 0 Å². The summed E-state index contributed by atoms with van der Waals surface area (Å²) in [5, 5.41) is 4.08. The number of allylic oxidation sites excluding steroid dienone is 1. The summed E-state index contributed by atoms with van der Waals surface area (Å²) in [7, 11) is 3.15. The largest absolute Gasteiger partial charge is 0.493 e. The monoisotopic (exact) mass is 290 g/mol. The number of methoxy groups -OCH3 is 2. The molecule has 0 unspecified atom stereocenters. The molecule has 1 aromatic carbocycles. The number of hydrogen-bond acceptors (Lipinski definition) is 4. The highest BCUT2D eigenvalue weighted by Gasteiger charge is 2.06. The lowest BCUT2D eigenvalue weighted by molar-refractivity contribution is -0.112. The van der Waals surface area contributed by atoms with Crippen LogP contribution in [0.4, 0.5) is 0 Å². The highest BCUT2D eigenvalue weighted by atomic mass is 32.1. The van der Waals surface area contributed by atoms with Crippen molar-refractivity contribution in [3.05, 3.63) is 52.7 Å². The number of carbonyl (C=O) groups is 1. The molecule has 3 nitrogen and oxygen atoms in total. The van der Waals surface area contributed by atoms with Crippen molar-refractivity contribution in [2.45, 2.75) is 6.92 Å². The van der Waals surface area contributed by atoms with E-state index in [1.165, 1.54) is 13.0 Å². The second-order valence-corrected chi connectivity index (χ2v) is 4.64. The van der Waals surface area contributed by atoms with Crippen LogP contribution in [0.3, 0.4) is 0 Å². The summed E-state index contributed by atoms with van der Waals surface area (Å²) in [4.78, 5) is 10.8. The average Bonchev–Trinajstić information content (AvgIpc) is 3.03. The number of carbonyl (C=O) groups excluding carboxylic acids is 1. The van der Waals surface area contributed by atoms with Gasteiger partial charge in [0.1, 0.15) is 0 Å². The van der Waals surface area contributed by atoms with Gasteiger partial charge < -0.3 is 9.47 Å². The van der Waals surface area contributed by atoms with E-state index in [1.807, 2.05) is 41.1 Å². The van der Waals surface area contributed by atoms with Gasteiger partial charge in [-0.1, -0.05) is 24.3 Å². The van der Waals surface area contributed by atoms with Crippen molar-refractivity contribution in [2.75, 3.05) is 14.2 Å². The first-order valence-corrected chi connectivity index (χ1v) is 7.00. The van der Waals surface area contributed by atoms with Crippen LogP contribution in [0.15, 0.2) is 47.2 Å².